The van der Waals surface area contributed by atoms with Crippen molar-refractivity contribution in [3.05, 3.63) is 58.9 Å². The smallest absolute Gasteiger partial charge is 0.255 e. The summed E-state index contributed by atoms with van der Waals surface area (Å²) >= 11 is 0. The Balaban J connectivity index is 1.85. The minimum Gasteiger partial charge on any atom is -0.326 e. The standard InChI is InChI=1S/C17H13F3N2O2/c18-11-5-7-13(16(20)15(11)19)22-17(24)10-4-6-12-9(8-10)2-1-3-14(23)21-12/h4-8H,1-3H2,(H,21,23)(H,22,24). The molecule has 4 nitrogen and oxygen atoms in total. The normalized spacial score (nSPS) is 13.7. The maximum absolute atomic E-state index is 13.6. The lowest BCUT2D eigenvalue weighted by atomic mass is 10.0. The van der Waals surface area contributed by atoms with Crippen molar-refractivity contribution in [2.45, 2.75) is 19.3 Å². The topological polar surface area (TPSA) is 58.2 Å². The number of carbonyl (C=O) groups is 2. The summed E-state index contributed by atoms with van der Waals surface area (Å²) < 4.78 is 39.8. The molecule has 1 aliphatic rings. The first kappa shape index (κ1) is 16.0. The number of halogens is 3. The van der Waals surface area contributed by atoms with Crippen molar-refractivity contribution in [1.82, 2.24) is 0 Å². The van der Waals surface area contributed by atoms with Gasteiger partial charge in [0.15, 0.2) is 17.5 Å². The Kier molecular flexibility index (Phi) is 4.24. The molecule has 1 aliphatic heterocycles. The third-order valence-electron chi connectivity index (χ3n) is 3.77. The van der Waals surface area contributed by atoms with Crippen LogP contribution in [0.25, 0.3) is 0 Å². The van der Waals surface area contributed by atoms with Crippen LogP contribution in [-0.4, -0.2) is 11.8 Å². The van der Waals surface area contributed by atoms with E-state index in [9.17, 15) is 22.8 Å². The molecule has 124 valence electrons. The molecule has 0 aliphatic carbocycles. The van der Waals surface area contributed by atoms with Crippen LogP contribution in [0.15, 0.2) is 30.3 Å². The highest BCUT2D eigenvalue weighted by atomic mass is 19.2. The van der Waals surface area contributed by atoms with Gasteiger partial charge in [0, 0.05) is 17.7 Å². The van der Waals surface area contributed by atoms with E-state index in [-0.39, 0.29) is 11.5 Å². The molecule has 0 spiro atoms. The number of anilines is 2. The van der Waals surface area contributed by atoms with Crippen LogP contribution in [0, 0.1) is 17.5 Å². The van der Waals surface area contributed by atoms with Crippen LogP contribution >= 0.6 is 0 Å². The fraction of sp³-hybridized carbons (Fsp3) is 0.176. The number of hydrogen-bond donors (Lipinski definition) is 2. The zero-order valence-corrected chi connectivity index (χ0v) is 12.5. The van der Waals surface area contributed by atoms with Gasteiger partial charge in [0.1, 0.15) is 0 Å². The van der Waals surface area contributed by atoms with Crippen LogP contribution in [0.2, 0.25) is 0 Å². The van der Waals surface area contributed by atoms with E-state index in [0.717, 1.165) is 17.7 Å². The first-order chi connectivity index (χ1) is 11.5. The molecule has 2 N–H and O–H groups in total. The number of aryl methyl sites for hydroxylation is 1. The fourth-order valence-electron chi connectivity index (χ4n) is 2.53. The lowest BCUT2D eigenvalue weighted by Gasteiger charge is -2.11. The minimum absolute atomic E-state index is 0.0881. The lowest BCUT2D eigenvalue weighted by Crippen LogP contribution is -2.15. The molecule has 2 aromatic rings. The van der Waals surface area contributed by atoms with Crippen molar-refractivity contribution in [2.75, 3.05) is 10.6 Å². The average Bonchev–Trinajstić information content (AvgIpc) is 2.75. The monoisotopic (exact) mass is 334 g/mol. The molecular formula is C17H13F3N2O2. The van der Waals surface area contributed by atoms with Crippen LogP contribution in [-0.2, 0) is 11.2 Å². The molecule has 0 saturated carbocycles. The Morgan fingerprint density at radius 1 is 1.04 bits per heavy atom. The molecule has 0 saturated heterocycles. The Morgan fingerprint density at radius 3 is 2.62 bits per heavy atom. The van der Waals surface area contributed by atoms with E-state index in [1.807, 2.05) is 0 Å². The molecule has 0 fully saturated rings. The predicted molar refractivity (Wildman–Crippen MR) is 82.3 cm³/mol. The summed E-state index contributed by atoms with van der Waals surface area (Å²) in [5.41, 5.74) is 1.21. The highest BCUT2D eigenvalue weighted by Gasteiger charge is 2.18. The second kappa shape index (κ2) is 6.35. The summed E-state index contributed by atoms with van der Waals surface area (Å²) in [4.78, 5) is 23.7. The van der Waals surface area contributed by atoms with Gasteiger partial charge in [-0.3, -0.25) is 9.59 Å². The third kappa shape index (κ3) is 3.10. The van der Waals surface area contributed by atoms with E-state index in [0.29, 0.717) is 24.9 Å². The van der Waals surface area contributed by atoms with E-state index < -0.39 is 29.0 Å². The van der Waals surface area contributed by atoms with Gasteiger partial charge in [-0.2, -0.15) is 0 Å². The van der Waals surface area contributed by atoms with Crippen molar-refractivity contribution in [1.29, 1.82) is 0 Å². The van der Waals surface area contributed by atoms with Gasteiger partial charge in [0.05, 0.1) is 5.69 Å². The van der Waals surface area contributed by atoms with Gasteiger partial charge in [0.25, 0.3) is 5.91 Å². The number of nitrogens with one attached hydrogen (secondary N) is 2. The number of benzene rings is 2. The Labute approximate surface area is 135 Å². The highest BCUT2D eigenvalue weighted by molar-refractivity contribution is 6.05. The van der Waals surface area contributed by atoms with Crippen LogP contribution in [0.4, 0.5) is 24.5 Å². The maximum Gasteiger partial charge on any atom is 0.255 e. The highest BCUT2D eigenvalue weighted by Crippen LogP contribution is 2.25. The van der Waals surface area contributed by atoms with Gasteiger partial charge in [-0.05, 0) is 48.7 Å². The zero-order chi connectivity index (χ0) is 17.3. The summed E-state index contributed by atoms with van der Waals surface area (Å²) in [6, 6.07) is 6.34. The molecule has 2 amide bonds. The number of rotatable bonds is 2. The molecule has 24 heavy (non-hydrogen) atoms. The quantitative estimate of drug-likeness (QED) is 0.824. The molecule has 3 rings (SSSR count). The van der Waals surface area contributed by atoms with Crippen molar-refractivity contribution in [3.8, 4) is 0 Å². The second-order valence-electron chi connectivity index (χ2n) is 5.45. The Bertz CT molecular complexity index is 837. The summed E-state index contributed by atoms with van der Waals surface area (Å²) in [5.74, 6) is -5.16. The number of amides is 2. The third-order valence-corrected chi connectivity index (χ3v) is 3.77. The van der Waals surface area contributed by atoms with Crippen molar-refractivity contribution < 1.29 is 22.8 Å². The molecule has 2 aromatic carbocycles. The Morgan fingerprint density at radius 2 is 1.83 bits per heavy atom. The SMILES string of the molecule is O=C1CCCc2cc(C(=O)Nc3ccc(F)c(F)c3F)ccc2N1. The summed E-state index contributed by atoms with van der Waals surface area (Å²) in [6.45, 7) is 0. The van der Waals surface area contributed by atoms with Gasteiger partial charge in [0.2, 0.25) is 5.91 Å². The first-order valence-electron chi connectivity index (χ1n) is 7.33. The molecule has 0 unspecified atom stereocenters. The largest absolute Gasteiger partial charge is 0.326 e. The van der Waals surface area contributed by atoms with Crippen molar-refractivity contribution >= 4 is 23.2 Å². The van der Waals surface area contributed by atoms with Crippen LogP contribution in [0.3, 0.4) is 0 Å². The molecule has 0 atom stereocenters. The first-order valence-corrected chi connectivity index (χ1v) is 7.33. The number of carbonyl (C=O) groups excluding carboxylic acids is 2. The average molecular weight is 334 g/mol. The summed E-state index contributed by atoms with van der Waals surface area (Å²) in [5, 5.41) is 4.96. The number of hydrogen-bond acceptors (Lipinski definition) is 2. The zero-order valence-electron chi connectivity index (χ0n) is 12.5. The van der Waals surface area contributed by atoms with Gasteiger partial charge in [-0.15, -0.1) is 0 Å². The van der Waals surface area contributed by atoms with Crippen molar-refractivity contribution in [3.63, 3.8) is 0 Å². The van der Waals surface area contributed by atoms with Gasteiger partial charge in [-0.25, -0.2) is 13.2 Å². The lowest BCUT2D eigenvalue weighted by molar-refractivity contribution is -0.116. The van der Waals surface area contributed by atoms with Crippen molar-refractivity contribution in [2.24, 2.45) is 0 Å². The van der Waals surface area contributed by atoms with Crippen LogP contribution < -0.4 is 10.6 Å². The molecular weight excluding hydrogens is 321 g/mol. The van der Waals surface area contributed by atoms with Gasteiger partial charge < -0.3 is 10.6 Å². The van der Waals surface area contributed by atoms with Gasteiger partial charge >= 0.3 is 0 Å². The Hall–Kier alpha value is -2.83. The molecule has 7 heteroatoms. The van der Waals surface area contributed by atoms with E-state index in [1.165, 1.54) is 6.07 Å². The van der Waals surface area contributed by atoms with E-state index in [4.69, 9.17) is 0 Å². The maximum atomic E-state index is 13.6. The van der Waals surface area contributed by atoms with Crippen LogP contribution in [0.5, 0.6) is 0 Å². The van der Waals surface area contributed by atoms with Crippen LogP contribution in [0.1, 0.15) is 28.8 Å². The molecule has 0 radical (unpaired) electrons. The van der Waals surface area contributed by atoms with E-state index in [2.05, 4.69) is 10.6 Å². The second-order valence-corrected chi connectivity index (χ2v) is 5.45. The molecule has 1 heterocycles. The summed E-state index contributed by atoms with van der Waals surface area (Å²) in [7, 11) is 0. The predicted octanol–water partition coefficient (Wildman–Crippen LogP) is 3.63. The van der Waals surface area contributed by atoms with Gasteiger partial charge in [-0.1, -0.05) is 0 Å². The number of fused-ring (bicyclic) bond motifs is 1. The van der Waals surface area contributed by atoms with E-state index in [1.54, 1.807) is 12.1 Å². The molecule has 0 bridgehead atoms. The molecule has 0 aromatic heterocycles. The van der Waals surface area contributed by atoms with E-state index >= 15 is 0 Å². The summed E-state index contributed by atoms with van der Waals surface area (Å²) in [6.07, 6.45) is 1.67. The fourth-order valence-corrected chi connectivity index (χ4v) is 2.53. The minimum atomic E-state index is -1.64.